The van der Waals surface area contributed by atoms with Crippen LogP contribution in [0.5, 0.6) is 11.5 Å². The molecule has 0 atom stereocenters. The van der Waals surface area contributed by atoms with Gasteiger partial charge < -0.3 is 18.5 Å². The lowest BCUT2D eigenvalue weighted by Gasteiger charge is -2.36. The quantitative estimate of drug-likeness (QED) is 0.171. The van der Waals surface area contributed by atoms with Gasteiger partial charge in [0.05, 0.1) is 17.1 Å². The molecule has 0 radical (unpaired) electrons. The molecule has 10 aromatic rings. The van der Waals surface area contributed by atoms with Crippen LogP contribution < -0.4 is 9.64 Å². The van der Waals surface area contributed by atoms with E-state index >= 15 is 0 Å². The van der Waals surface area contributed by atoms with Crippen molar-refractivity contribution < 1.29 is 13.6 Å². The number of hydrogen-bond acceptors (Lipinski definition) is 4. The third kappa shape index (κ3) is 5.47. The highest BCUT2D eigenvalue weighted by Gasteiger charge is 2.32. The van der Waals surface area contributed by atoms with Crippen LogP contribution in [-0.2, 0) is 0 Å². The summed E-state index contributed by atoms with van der Waals surface area (Å²) in [6, 6.07) is 69.8. The third-order valence-corrected chi connectivity index (χ3v) is 10.6. The Morgan fingerprint density at radius 2 is 0.750 bits per heavy atom. The van der Waals surface area contributed by atoms with E-state index < -0.39 is 0 Å². The number of fused-ring (bicyclic) bond motifs is 4. The highest BCUT2D eigenvalue weighted by atomic mass is 16.5. The molecule has 0 spiro atoms. The molecular formula is C52H33NO3. The molecule has 4 heteroatoms. The monoisotopic (exact) mass is 719 g/mol. The number of benzene rings is 8. The summed E-state index contributed by atoms with van der Waals surface area (Å²) in [5.41, 5.74) is 13.1. The molecule has 56 heavy (non-hydrogen) atoms. The highest BCUT2D eigenvalue weighted by Crippen LogP contribution is 2.57. The van der Waals surface area contributed by atoms with Crippen LogP contribution in [0.1, 0.15) is 0 Å². The van der Waals surface area contributed by atoms with Gasteiger partial charge >= 0.3 is 0 Å². The molecule has 1 aliphatic rings. The molecule has 4 nitrogen and oxygen atoms in total. The Balaban J connectivity index is 1.22. The van der Waals surface area contributed by atoms with Crippen molar-refractivity contribution in [2.45, 2.75) is 0 Å². The lowest BCUT2D eigenvalue weighted by molar-refractivity contribution is 0.477. The summed E-state index contributed by atoms with van der Waals surface area (Å²) in [5, 5.41) is 2.12. The predicted molar refractivity (Wildman–Crippen MR) is 228 cm³/mol. The van der Waals surface area contributed by atoms with Crippen molar-refractivity contribution in [3.8, 4) is 67.5 Å². The van der Waals surface area contributed by atoms with Crippen molar-refractivity contribution in [1.82, 2.24) is 0 Å². The first-order valence-electron chi connectivity index (χ1n) is 18.8. The molecule has 264 valence electrons. The summed E-state index contributed by atoms with van der Waals surface area (Å²) in [4.78, 5) is 2.38. The van der Waals surface area contributed by atoms with Gasteiger partial charge in [0.15, 0.2) is 11.5 Å². The topological polar surface area (TPSA) is 38.8 Å². The van der Waals surface area contributed by atoms with Crippen molar-refractivity contribution in [1.29, 1.82) is 0 Å². The Morgan fingerprint density at radius 3 is 1.21 bits per heavy atom. The van der Waals surface area contributed by atoms with Gasteiger partial charge in [-0.2, -0.15) is 0 Å². The van der Waals surface area contributed by atoms with Crippen molar-refractivity contribution in [3.05, 3.63) is 200 Å². The zero-order valence-electron chi connectivity index (χ0n) is 30.2. The van der Waals surface area contributed by atoms with Gasteiger partial charge in [-0.15, -0.1) is 0 Å². The van der Waals surface area contributed by atoms with Crippen molar-refractivity contribution >= 4 is 39.0 Å². The van der Waals surface area contributed by atoms with Gasteiger partial charge in [0.1, 0.15) is 22.7 Å². The molecule has 1 aliphatic heterocycles. The Labute approximate surface area is 324 Å². The second kappa shape index (κ2) is 13.1. The van der Waals surface area contributed by atoms with E-state index in [1.165, 1.54) is 0 Å². The standard InChI is InChI=1S/C52H33NO3/c1-4-14-34(15-5-1)41-28-42(35-16-6-2-7-17-35)52(43(29-41)36-18-8-3-9-19-36)53-44-30-39(50-32-37-20-10-12-22-46(37)54-50)24-26-48(44)56-49-27-25-40(31-45(49)53)51-33-38-21-11-13-23-47(38)55-51/h1-33H. The van der Waals surface area contributed by atoms with Gasteiger partial charge in [-0.25, -0.2) is 0 Å². The Bertz CT molecular complexity index is 2800. The largest absolute Gasteiger partial charge is 0.456 e. The van der Waals surface area contributed by atoms with Crippen molar-refractivity contribution in [2.24, 2.45) is 0 Å². The number of hydrogen-bond donors (Lipinski definition) is 0. The smallest absolute Gasteiger partial charge is 0.151 e. The van der Waals surface area contributed by atoms with E-state index in [1.54, 1.807) is 0 Å². The molecule has 0 N–H and O–H groups in total. The van der Waals surface area contributed by atoms with E-state index in [0.29, 0.717) is 0 Å². The van der Waals surface area contributed by atoms with Crippen LogP contribution in [0.15, 0.2) is 209 Å². The maximum atomic E-state index is 6.81. The second-order valence-electron chi connectivity index (χ2n) is 14.1. The van der Waals surface area contributed by atoms with E-state index in [4.69, 9.17) is 13.6 Å². The van der Waals surface area contributed by atoms with Crippen LogP contribution in [0.4, 0.5) is 17.1 Å². The summed E-state index contributed by atoms with van der Waals surface area (Å²) in [6.45, 7) is 0. The van der Waals surface area contributed by atoms with Crippen LogP contribution in [-0.4, -0.2) is 0 Å². The van der Waals surface area contributed by atoms with E-state index in [0.717, 1.165) is 107 Å². The SMILES string of the molecule is c1ccc(-c2cc(-c3ccccc3)c(N3c4cc(-c5cc6ccccc6o5)ccc4Oc4ccc(-c5cc6ccccc6o5)cc43)c(-c3ccccc3)c2)cc1. The van der Waals surface area contributed by atoms with Gasteiger partial charge in [-0.05, 0) is 95.1 Å². The zero-order valence-corrected chi connectivity index (χ0v) is 30.2. The van der Waals surface area contributed by atoms with Gasteiger partial charge in [-0.1, -0.05) is 127 Å². The first kappa shape index (κ1) is 31.9. The minimum Gasteiger partial charge on any atom is -0.456 e. The molecule has 0 fully saturated rings. The predicted octanol–water partition coefficient (Wildman–Crippen LogP) is 15.1. The number of furan rings is 2. The Kier molecular flexibility index (Phi) is 7.46. The number of anilines is 3. The van der Waals surface area contributed by atoms with Gasteiger partial charge in [-0.3, -0.25) is 0 Å². The molecule has 11 rings (SSSR count). The Hall–Kier alpha value is -7.56. The normalized spacial score (nSPS) is 12.0. The molecule has 0 saturated carbocycles. The average molecular weight is 720 g/mol. The molecule has 0 saturated heterocycles. The van der Waals surface area contributed by atoms with E-state index in [9.17, 15) is 0 Å². The maximum absolute atomic E-state index is 6.81. The molecule has 0 amide bonds. The fourth-order valence-electron chi connectivity index (χ4n) is 7.95. The number of ether oxygens (including phenoxy) is 1. The van der Waals surface area contributed by atoms with E-state index in [1.807, 2.05) is 36.4 Å². The summed E-state index contributed by atoms with van der Waals surface area (Å²) in [7, 11) is 0. The van der Waals surface area contributed by atoms with Crippen LogP contribution in [0, 0.1) is 0 Å². The first-order valence-corrected chi connectivity index (χ1v) is 18.8. The van der Waals surface area contributed by atoms with Crippen molar-refractivity contribution in [3.63, 3.8) is 0 Å². The molecule has 0 unspecified atom stereocenters. The van der Waals surface area contributed by atoms with Crippen LogP contribution in [0.25, 0.3) is 78.0 Å². The molecule has 0 aliphatic carbocycles. The second-order valence-corrected chi connectivity index (χ2v) is 14.1. The number of rotatable bonds is 6. The first-order chi connectivity index (χ1) is 27.7. The minimum absolute atomic E-state index is 0.749. The van der Waals surface area contributed by atoms with Crippen molar-refractivity contribution in [2.75, 3.05) is 4.90 Å². The molecule has 2 aromatic heterocycles. The van der Waals surface area contributed by atoms with Gasteiger partial charge in [0, 0.05) is 33.0 Å². The van der Waals surface area contributed by atoms with Crippen LogP contribution >= 0.6 is 0 Å². The summed E-state index contributed by atoms with van der Waals surface area (Å²) < 4.78 is 19.7. The zero-order chi connectivity index (χ0) is 37.0. The van der Waals surface area contributed by atoms with Crippen LogP contribution in [0.2, 0.25) is 0 Å². The van der Waals surface area contributed by atoms with E-state index in [-0.39, 0.29) is 0 Å². The van der Waals surface area contributed by atoms with Crippen LogP contribution in [0.3, 0.4) is 0 Å². The summed E-state index contributed by atoms with van der Waals surface area (Å²) in [6.07, 6.45) is 0. The molecular weight excluding hydrogens is 687 g/mol. The summed E-state index contributed by atoms with van der Waals surface area (Å²) >= 11 is 0. The fraction of sp³-hybridized carbons (Fsp3) is 0. The lowest BCUT2D eigenvalue weighted by atomic mass is 9.89. The lowest BCUT2D eigenvalue weighted by Crippen LogP contribution is -2.18. The Morgan fingerprint density at radius 1 is 0.321 bits per heavy atom. The number of nitrogens with zero attached hydrogens (tertiary/aromatic N) is 1. The van der Waals surface area contributed by atoms with Gasteiger partial charge in [0.2, 0.25) is 0 Å². The highest BCUT2D eigenvalue weighted by molar-refractivity contribution is 6.03. The molecule has 0 bridgehead atoms. The fourth-order valence-corrected chi connectivity index (χ4v) is 7.95. The average Bonchev–Trinajstić information content (AvgIpc) is 3.91. The minimum atomic E-state index is 0.749. The van der Waals surface area contributed by atoms with Gasteiger partial charge in [0.25, 0.3) is 0 Å². The molecule has 8 aromatic carbocycles. The third-order valence-electron chi connectivity index (χ3n) is 10.6. The molecule has 3 heterocycles. The summed E-state index contributed by atoms with van der Waals surface area (Å²) in [5.74, 6) is 3.08. The number of para-hydroxylation sites is 2. The van der Waals surface area contributed by atoms with E-state index in [2.05, 4.69) is 169 Å². The maximum Gasteiger partial charge on any atom is 0.151 e.